The number of hydrogen-bond donors (Lipinski definition) is 1. The molecule has 0 aliphatic heterocycles. The lowest BCUT2D eigenvalue weighted by Crippen LogP contribution is -2.38. The number of carboxylic acid groups (broad SMARTS) is 1. The summed E-state index contributed by atoms with van der Waals surface area (Å²) in [5.41, 5.74) is 2.66. The highest BCUT2D eigenvalue weighted by atomic mass is 16.4. The van der Waals surface area contributed by atoms with Gasteiger partial charge in [-0.25, -0.2) is 0 Å². The molecule has 0 bridgehead atoms. The van der Waals surface area contributed by atoms with Gasteiger partial charge >= 0.3 is 5.97 Å². The number of rotatable bonds is 4. The molecule has 0 spiro atoms. The first-order valence-electron chi connectivity index (χ1n) is 5.93. The van der Waals surface area contributed by atoms with Crippen LogP contribution in [0.25, 0.3) is 0 Å². The van der Waals surface area contributed by atoms with Gasteiger partial charge in [-0.2, -0.15) is 0 Å². The van der Waals surface area contributed by atoms with Gasteiger partial charge in [0.15, 0.2) is 0 Å². The number of amides is 1. The monoisotopic (exact) mass is 249 g/mol. The van der Waals surface area contributed by atoms with E-state index in [0.29, 0.717) is 5.69 Å². The Labute approximate surface area is 107 Å². The normalized spacial score (nSPS) is 10.5. The van der Waals surface area contributed by atoms with E-state index in [1.54, 1.807) is 19.9 Å². The summed E-state index contributed by atoms with van der Waals surface area (Å²) in [5, 5.41) is 8.93. The van der Waals surface area contributed by atoms with Gasteiger partial charge in [0.1, 0.15) is 6.54 Å². The first kappa shape index (κ1) is 14.2. The Hall–Kier alpha value is -1.84. The number of carbonyl (C=O) groups excluding carboxylic acids is 1. The summed E-state index contributed by atoms with van der Waals surface area (Å²) in [4.78, 5) is 24.3. The molecule has 0 aliphatic rings. The minimum Gasteiger partial charge on any atom is -0.480 e. The molecule has 0 aromatic heterocycles. The van der Waals surface area contributed by atoms with Gasteiger partial charge in [-0.05, 0) is 25.5 Å². The number of anilines is 1. The van der Waals surface area contributed by atoms with Crippen LogP contribution >= 0.6 is 0 Å². The molecular formula is C14H19NO3. The van der Waals surface area contributed by atoms with Crippen molar-refractivity contribution in [3.05, 3.63) is 29.3 Å². The zero-order valence-electron chi connectivity index (χ0n) is 11.2. The molecular weight excluding hydrogens is 230 g/mol. The fourth-order valence-corrected chi connectivity index (χ4v) is 1.84. The highest BCUT2D eigenvalue weighted by molar-refractivity contribution is 5.99. The highest BCUT2D eigenvalue weighted by Crippen LogP contribution is 2.22. The van der Waals surface area contributed by atoms with Gasteiger partial charge in [-0.3, -0.25) is 9.59 Å². The lowest BCUT2D eigenvalue weighted by atomic mass is 10.1. The van der Waals surface area contributed by atoms with E-state index in [2.05, 4.69) is 0 Å². The molecule has 0 atom stereocenters. The molecule has 0 saturated heterocycles. The summed E-state index contributed by atoms with van der Waals surface area (Å²) < 4.78 is 0. The Morgan fingerprint density at radius 3 is 2.33 bits per heavy atom. The molecule has 0 heterocycles. The van der Waals surface area contributed by atoms with Crippen LogP contribution in [0.1, 0.15) is 25.0 Å². The van der Waals surface area contributed by atoms with Crippen LogP contribution in [0, 0.1) is 19.8 Å². The minimum atomic E-state index is -1.01. The maximum absolute atomic E-state index is 12.1. The van der Waals surface area contributed by atoms with Crippen molar-refractivity contribution in [2.45, 2.75) is 27.7 Å². The molecule has 4 nitrogen and oxygen atoms in total. The van der Waals surface area contributed by atoms with Gasteiger partial charge in [0.05, 0.1) is 0 Å². The number of hydrogen-bond acceptors (Lipinski definition) is 2. The van der Waals surface area contributed by atoms with Crippen LogP contribution < -0.4 is 4.90 Å². The molecule has 4 heteroatoms. The highest BCUT2D eigenvalue weighted by Gasteiger charge is 2.22. The summed E-state index contributed by atoms with van der Waals surface area (Å²) in [6.45, 7) is 7.07. The van der Waals surface area contributed by atoms with Crippen LogP contribution in [0.2, 0.25) is 0 Å². The van der Waals surface area contributed by atoms with Crippen LogP contribution in [0.3, 0.4) is 0 Å². The molecule has 1 N–H and O–H groups in total. The number of aliphatic carboxylic acids is 1. The molecule has 0 unspecified atom stereocenters. The molecule has 18 heavy (non-hydrogen) atoms. The molecule has 0 saturated carbocycles. The average Bonchev–Trinajstić information content (AvgIpc) is 2.25. The molecule has 0 radical (unpaired) electrons. The Morgan fingerprint density at radius 2 is 1.89 bits per heavy atom. The van der Waals surface area contributed by atoms with E-state index in [-0.39, 0.29) is 18.4 Å². The first-order chi connectivity index (χ1) is 8.32. The third-order valence-electron chi connectivity index (χ3n) is 2.70. The smallest absolute Gasteiger partial charge is 0.323 e. The topological polar surface area (TPSA) is 57.6 Å². The van der Waals surface area contributed by atoms with E-state index < -0.39 is 5.97 Å². The van der Waals surface area contributed by atoms with Gasteiger partial charge in [0.25, 0.3) is 0 Å². The summed E-state index contributed by atoms with van der Waals surface area (Å²) >= 11 is 0. The number of nitrogens with zero attached hydrogens (tertiary/aromatic N) is 1. The fraction of sp³-hybridized carbons (Fsp3) is 0.429. The Morgan fingerprint density at radius 1 is 1.28 bits per heavy atom. The number of benzene rings is 1. The maximum Gasteiger partial charge on any atom is 0.323 e. The molecule has 0 aliphatic carbocycles. The quantitative estimate of drug-likeness (QED) is 0.891. The van der Waals surface area contributed by atoms with Crippen LogP contribution in [0.5, 0.6) is 0 Å². The lowest BCUT2D eigenvalue weighted by molar-refractivity contribution is -0.137. The average molecular weight is 249 g/mol. The third kappa shape index (κ3) is 3.32. The van der Waals surface area contributed by atoms with Crippen molar-refractivity contribution < 1.29 is 14.7 Å². The van der Waals surface area contributed by atoms with Crippen molar-refractivity contribution in [2.75, 3.05) is 11.4 Å². The van der Waals surface area contributed by atoms with Crippen molar-refractivity contribution in [1.82, 2.24) is 0 Å². The fourth-order valence-electron chi connectivity index (χ4n) is 1.84. The minimum absolute atomic E-state index is 0.177. The van der Waals surface area contributed by atoms with Crippen molar-refractivity contribution in [3.63, 3.8) is 0 Å². The molecule has 1 aromatic rings. The van der Waals surface area contributed by atoms with E-state index in [1.807, 2.05) is 26.0 Å². The maximum atomic E-state index is 12.1. The summed E-state index contributed by atoms with van der Waals surface area (Å²) in [6, 6.07) is 5.62. The molecule has 98 valence electrons. The molecule has 0 fully saturated rings. The van der Waals surface area contributed by atoms with Crippen LogP contribution in [0.4, 0.5) is 5.69 Å². The predicted octanol–water partition coefficient (Wildman–Crippen LogP) is 2.38. The van der Waals surface area contributed by atoms with Crippen molar-refractivity contribution in [3.8, 4) is 0 Å². The van der Waals surface area contributed by atoms with E-state index in [9.17, 15) is 9.59 Å². The van der Waals surface area contributed by atoms with E-state index in [0.717, 1.165) is 11.1 Å². The van der Waals surface area contributed by atoms with E-state index >= 15 is 0 Å². The second-order valence-corrected chi connectivity index (χ2v) is 4.76. The second kappa shape index (κ2) is 5.67. The van der Waals surface area contributed by atoms with E-state index in [1.165, 1.54) is 4.90 Å². The van der Waals surface area contributed by atoms with Crippen molar-refractivity contribution >= 4 is 17.6 Å². The van der Waals surface area contributed by atoms with Gasteiger partial charge in [-0.1, -0.05) is 31.5 Å². The zero-order valence-corrected chi connectivity index (χ0v) is 11.2. The number of carboxylic acids is 1. The number of carbonyl (C=O) groups is 2. The van der Waals surface area contributed by atoms with Crippen LogP contribution in [-0.4, -0.2) is 23.5 Å². The van der Waals surface area contributed by atoms with Gasteiger partial charge in [0, 0.05) is 11.6 Å². The Kier molecular flexibility index (Phi) is 4.48. The van der Waals surface area contributed by atoms with Crippen molar-refractivity contribution in [1.29, 1.82) is 0 Å². The molecule has 1 aromatic carbocycles. The zero-order chi connectivity index (χ0) is 13.9. The van der Waals surface area contributed by atoms with Crippen molar-refractivity contribution in [2.24, 2.45) is 5.92 Å². The third-order valence-corrected chi connectivity index (χ3v) is 2.70. The van der Waals surface area contributed by atoms with Crippen LogP contribution in [-0.2, 0) is 9.59 Å². The van der Waals surface area contributed by atoms with Gasteiger partial charge in [-0.15, -0.1) is 0 Å². The SMILES string of the molecule is Cc1ccc(N(CC(=O)O)C(=O)C(C)C)c(C)c1. The lowest BCUT2D eigenvalue weighted by Gasteiger charge is -2.24. The first-order valence-corrected chi connectivity index (χ1v) is 5.93. The van der Waals surface area contributed by atoms with Crippen LogP contribution in [0.15, 0.2) is 18.2 Å². The van der Waals surface area contributed by atoms with Gasteiger partial charge in [0.2, 0.25) is 5.91 Å². The number of aryl methyl sites for hydroxylation is 2. The second-order valence-electron chi connectivity index (χ2n) is 4.76. The summed E-state index contributed by atoms with van der Waals surface area (Å²) in [6.07, 6.45) is 0. The summed E-state index contributed by atoms with van der Waals surface area (Å²) in [7, 11) is 0. The Bertz CT molecular complexity index is 466. The largest absolute Gasteiger partial charge is 0.480 e. The molecule has 1 rings (SSSR count). The molecule has 1 amide bonds. The Balaban J connectivity index is 3.17. The standard InChI is InChI=1S/C14H19NO3/c1-9(2)14(18)15(8-13(16)17)12-6-5-10(3)7-11(12)4/h5-7,9H,8H2,1-4H3,(H,16,17). The summed E-state index contributed by atoms with van der Waals surface area (Å²) in [5.74, 6) is -1.42. The van der Waals surface area contributed by atoms with Gasteiger partial charge < -0.3 is 10.0 Å². The predicted molar refractivity (Wildman–Crippen MR) is 70.7 cm³/mol. The van der Waals surface area contributed by atoms with E-state index in [4.69, 9.17) is 5.11 Å².